The summed E-state index contributed by atoms with van der Waals surface area (Å²) in [6, 6.07) is 6.06. The van der Waals surface area contributed by atoms with Gasteiger partial charge in [-0.15, -0.1) is 0 Å². The maximum Gasteiger partial charge on any atom is 0.231 e. The Balaban J connectivity index is 1.44. The third-order valence-corrected chi connectivity index (χ3v) is 4.94. The van der Waals surface area contributed by atoms with Gasteiger partial charge in [0.15, 0.2) is 11.5 Å². The summed E-state index contributed by atoms with van der Waals surface area (Å²) in [5.41, 5.74) is 0.860. The summed E-state index contributed by atoms with van der Waals surface area (Å²) in [7, 11) is -3.23. The van der Waals surface area contributed by atoms with Gasteiger partial charge in [-0.25, -0.2) is 13.1 Å². The molecule has 0 atom stereocenters. The molecule has 0 spiro atoms. The average molecular weight is 312 g/mol. The van der Waals surface area contributed by atoms with Gasteiger partial charge in [-0.1, -0.05) is 6.07 Å². The van der Waals surface area contributed by atoms with E-state index in [4.69, 9.17) is 9.47 Å². The third kappa shape index (κ3) is 4.33. The molecular formula is C14H20N2O4S. The number of fused-ring (bicyclic) bond motifs is 1. The van der Waals surface area contributed by atoms with Crippen LogP contribution >= 0.6 is 0 Å². The maximum absolute atomic E-state index is 11.9. The molecule has 21 heavy (non-hydrogen) atoms. The average Bonchev–Trinajstić information content (AvgIpc) is 3.17. The van der Waals surface area contributed by atoms with Crippen LogP contribution < -0.4 is 19.5 Å². The Kier molecular flexibility index (Phi) is 4.32. The smallest absolute Gasteiger partial charge is 0.231 e. The number of sulfonamides is 1. The second-order valence-electron chi connectivity index (χ2n) is 5.41. The van der Waals surface area contributed by atoms with Crippen molar-refractivity contribution in [2.45, 2.75) is 31.8 Å². The van der Waals surface area contributed by atoms with Crippen LogP contribution in [0.25, 0.3) is 0 Å². The molecule has 0 saturated heterocycles. The minimum atomic E-state index is -3.23. The van der Waals surface area contributed by atoms with E-state index < -0.39 is 10.0 Å². The summed E-state index contributed by atoms with van der Waals surface area (Å²) in [6.45, 7) is 1.25. The van der Waals surface area contributed by atoms with Crippen molar-refractivity contribution in [3.63, 3.8) is 0 Å². The molecule has 1 aromatic carbocycles. The standard InChI is InChI=1S/C14H20N2O4S/c17-21(18,7-1-6-15-12-3-4-12)16-9-11-2-5-13-14(8-11)20-10-19-13/h2,5,8,12,15-16H,1,3-4,6-7,9-10H2. The fraction of sp³-hybridized carbons (Fsp3) is 0.571. The van der Waals surface area contributed by atoms with Gasteiger partial charge >= 0.3 is 0 Å². The number of benzene rings is 1. The molecular weight excluding hydrogens is 292 g/mol. The van der Waals surface area contributed by atoms with E-state index in [9.17, 15) is 8.42 Å². The minimum absolute atomic E-state index is 0.150. The van der Waals surface area contributed by atoms with Gasteiger partial charge in [-0.3, -0.25) is 0 Å². The predicted octanol–water partition coefficient (Wildman–Crippen LogP) is 0.977. The molecule has 0 amide bonds. The number of rotatable bonds is 8. The van der Waals surface area contributed by atoms with Gasteiger partial charge in [0.1, 0.15) is 0 Å². The largest absolute Gasteiger partial charge is 0.454 e. The summed E-state index contributed by atoms with van der Waals surface area (Å²) < 4.78 is 36.9. The van der Waals surface area contributed by atoms with Crippen molar-refractivity contribution in [2.24, 2.45) is 0 Å². The molecule has 2 N–H and O–H groups in total. The van der Waals surface area contributed by atoms with Gasteiger partial charge in [0.2, 0.25) is 16.8 Å². The van der Waals surface area contributed by atoms with Crippen molar-refractivity contribution < 1.29 is 17.9 Å². The zero-order valence-corrected chi connectivity index (χ0v) is 12.6. The van der Waals surface area contributed by atoms with Crippen LogP contribution in [-0.4, -0.2) is 33.6 Å². The van der Waals surface area contributed by atoms with Crippen LogP contribution in [0.5, 0.6) is 11.5 Å². The first-order chi connectivity index (χ1) is 10.1. The van der Waals surface area contributed by atoms with Crippen LogP contribution in [0.1, 0.15) is 24.8 Å². The van der Waals surface area contributed by atoms with Crippen LogP contribution in [-0.2, 0) is 16.6 Å². The molecule has 0 radical (unpaired) electrons. The molecule has 6 nitrogen and oxygen atoms in total. The zero-order chi connectivity index (χ0) is 14.7. The summed E-state index contributed by atoms with van der Waals surface area (Å²) in [5.74, 6) is 1.52. The lowest BCUT2D eigenvalue weighted by Crippen LogP contribution is -2.28. The second kappa shape index (κ2) is 6.21. The van der Waals surface area contributed by atoms with Crippen LogP contribution in [0.3, 0.4) is 0 Å². The van der Waals surface area contributed by atoms with Gasteiger partial charge in [-0.2, -0.15) is 0 Å². The fourth-order valence-electron chi connectivity index (χ4n) is 2.17. The summed E-state index contributed by atoms with van der Waals surface area (Å²) in [6.07, 6.45) is 3.07. The molecule has 2 aliphatic rings. The Bertz CT molecular complexity index is 599. The van der Waals surface area contributed by atoms with Crippen molar-refractivity contribution in [1.82, 2.24) is 10.0 Å². The van der Waals surface area contributed by atoms with Crippen LogP contribution in [0.2, 0.25) is 0 Å². The lowest BCUT2D eigenvalue weighted by atomic mass is 10.2. The van der Waals surface area contributed by atoms with E-state index in [-0.39, 0.29) is 19.1 Å². The van der Waals surface area contributed by atoms with Gasteiger partial charge in [0, 0.05) is 12.6 Å². The number of ether oxygens (including phenoxy) is 2. The van der Waals surface area contributed by atoms with Gasteiger partial charge in [0.25, 0.3) is 0 Å². The molecule has 1 saturated carbocycles. The Morgan fingerprint density at radius 3 is 2.81 bits per heavy atom. The van der Waals surface area contributed by atoms with Crippen LogP contribution in [0.4, 0.5) is 0 Å². The molecule has 1 aliphatic heterocycles. The van der Waals surface area contributed by atoms with E-state index in [0.717, 1.165) is 12.1 Å². The van der Waals surface area contributed by atoms with Crippen molar-refractivity contribution in [3.8, 4) is 11.5 Å². The summed E-state index contributed by atoms with van der Waals surface area (Å²) in [5, 5.41) is 3.31. The highest BCUT2D eigenvalue weighted by Gasteiger charge is 2.20. The maximum atomic E-state index is 11.9. The quantitative estimate of drug-likeness (QED) is 0.700. The number of hydrogen-bond acceptors (Lipinski definition) is 5. The van der Waals surface area contributed by atoms with Crippen molar-refractivity contribution >= 4 is 10.0 Å². The SMILES string of the molecule is O=S(=O)(CCCNC1CC1)NCc1ccc2c(c1)OCO2. The minimum Gasteiger partial charge on any atom is -0.454 e. The van der Waals surface area contributed by atoms with Crippen molar-refractivity contribution in [3.05, 3.63) is 23.8 Å². The fourth-order valence-corrected chi connectivity index (χ4v) is 3.23. The molecule has 116 valence electrons. The molecule has 1 heterocycles. The van der Waals surface area contributed by atoms with E-state index >= 15 is 0 Å². The van der Waals surface area contributed by atoms with E-state index in [1.807, 2.05) is 6.07 Å². The Morgan fingerprint density at radius 1 is 1.19 bits per heavy atom. The highest BCUT2D eigenvalue weighted by molar-refractivity contribution is 7.89. The Hall–Kier alpha value is -1.31. The van der Waals surface area contributed by atoms with E-state index in [0.29, 0.717) is 24.0 Å². The van der Waals surface area contributed by atoms with Crippen molar-refractivity contribution in [2.75, 3.05) is 19.1 Å². The van der Waals surface area contributed by atoms with E-state index in [2.05, 4.69) is 10.0 Å². The summed E-state index contributed by atoms with van der Waals surface area (Å²) in [4.78, 5) is 0. The number of nitrogens with one attached hydrogen (secondary N) is 2. The topological polar surface area (TPSA) is 76.7 Å². The zero-order valence-electron chi connectivity index (χ0n) is 11.8. The second-order valence-corrected chi connectivity index (χ2v) is 7.34. The lowest BCUT2D eigenvalue weighted by Gasteiger charge is -2.08. The highest BCUT2D eigenvalue weighted by atomic mass is 32.2. The molecule has 1 aromatic rings. The Labute approximate surface area is 124 Å². The molecule has 1 aliphatic carbocycles. The molecule has 0 aromatic heterocycles. The first-order valence-corrected chi connectivity index (χ1v) is 8.87. The molecule has 3 rings (SSSR count). The summed E-state index contributed by atoms with van der Waals surface area (Å²) >= 11 is 0. The van der Waals surface area contributed by atoms with E-state index in [1.165, 1.54) is 12.8 Å². The van der Waals surface area contributed by atoms with Crippen LogP contribution in [0, 0.1) is 0 Å². The lowest BCUT2D eigenvalue weighted by molar-refractivity contribution is 0.174. The molecule has 7 heteroatoms. The van der Waals surface area contributed by atoms with Gasteiger partial charge < -0.3 is 14.8 Å². The van der Waals surface area contributed by atoms with Gasteiger partial charge in [0.05, 0.1) is 5.75 Å². The van der Waals surface area contributed by atoms with E-state index in [1.54, 1.807) is 12.1 Å². The third-order valence-electron chi connectivity index (χ3n) is 3.53. The predicted molar refractivity (Wildman–Crippen MR) is 78.8 cm³/mol. The molecule has 0 bridgehead atoms. The molecule has 1 fully saturated rings. The Morgan fingerprint density at radius 2 is 2.00 bits per heavy atom. The monoisotopic (exact) mass is 312 g/mol. The highest BCUT2D eigenvalue weighted by Crippen LogP contribution is 2.32. The van der Waals surface area contributed by atoms with Gasteiger partial charge in [-0.05, 0) is 43.5 Å². The first kappa shape index (κ1) is 14.6. The number of hydrogen-bond donors (Lipinski definition) is 2. The first-order valence-electron chi connectivity index (χ1n) is 7.22. The normalized spacial score (nSPS) is 17.1. The molecule has 0 unspecified atom stereocenters. The van der Waals surface area contributed by atoms with Crippen LogP contribution in [0.15, 0.2) is 18.2 Å². The van der Waals surface area contributed by atoms with Crippen molar-refractivity contribution in [1.29, 1.82) is 0 Å².